The van der Waals surface area contributed by atoms with E-state index in [-0.39, 0.29) is 0 Å². The highest BCUT2D eigenvalue weighted by atomic mass is 32.2. The fourth-order valence-electron chi connectivity index (χ4n) is 2.59. The number of benzene rings is 2. The molecule has 1 aliphatic heterocycles. The molecule has 0 aromatic heterocycles. The van der Waals surface area contributed by atoms with E-state index >= 15 is 0 Å². The van der Waals surface area contributed by atoms with Gasteiger partial charge < -0.3 is 4.55 Å². The van der Waals surface area contributed by atoms with Crippen molar-refractivity contribution in [3.8, 4) is 0 Å². The van der Waals surface area contributed by atoms with Crippen LogP contribution in [0.25, 0.3) is 10.8 Å². The van der Waals surface area contributed by atoms with Gasteiger partial charge in [0.25, 0.3) is 0 Å². The summed E-state index contributed by atoms with van der Waals surface area (Å²) in [5.41, 5.74) is -4.19. The van der Waals surface area contributed by atoms with Crippen molar-refractivity contribution >= 4 is 31.8 Å². The Morgan fingerprint density at radius 1 is 1.04 bits per heavy atom. The van der Waals surface area contributed by atoms with Crippen molar-refractivity contribution in [3.05, 3.63) is 59.5 Å². The zero-order valence-corrected chi connectivity index (χ0v) is 15.5. The van der Waals surface area contributed by atoms with Gasteiger partial charge in [-0.05, 0) is 41.7 Å². The Balaban J connectivity index is 0.000000260. The minimum Gasteiger partial charge on any atom is -0.741 e. The molecule has 2 aromatic rings. The Morgan fingerprint density at radius 3 is 2.23 bits per heavy atom. The number of rotatable bonds is 3. The highest BCUT2D eigenvalue weighted by Crippen LogP contribution is 2.21. The van der Waals surface area contributed by atoms with Crippen LogP contribution < -0.4 is 0 Å². The van der Waals surface area contributed by atoms with Crippen molar-refractivity contribution in [3.63, 3.8) is 0 Å². The third kappa shape index (κ3) is 6.03. The zero-order valence-electron chi connectivity index (χ0n) is 13.9. The van der Waals surface area contributed by atoms with Crippen LogP contribution in [-0.2, 0) is 27.4 Å². The van der Waals surface area contributed by atoms with Gasteiger partial charge in [0.05, 0.1) is 0 Å². The summed E-state index contributed by atoms with van der Waals surface area (Å²) in [4.78, 5) is 0. The number of fused-ring (bicyclic) bond motifs is 1. The topological polar surface area (TPSA) is 57.2 Å². The fraction of sp³-hybridized carbons (Fsp3) is 0.333. The highest BCUT2D eigenvalue weighted by molar-refractivity contribution is 7.99. The van der Waals surface area contributed by atoms with E-state index in [4.69, 9.17) is 13.0 Å². The van der Waals surface area contributed by atoms with Gasteiger partial charge in [-0.25, -0.2) is 8.42 Å². The van der Waals surface area contributed by atoms with Crippen LogP contribution in [0.3, 0.4) is 0 Å². The molecule has 1 aliphatic rings. The predicted molar refractivity (Wildman–Crippen MR) is 98.9 cm³/mol. The standard InChI is InChI=1S/C17H19S.CHF3O3S/c1-2-11-17-15(7-1)8-5-9-16(17)10-6-14-18-12-3-4-13-18;2-1(3,4)8(5,6)7/h1-2,5-9,11,14H,3-4,10,12-13H2;(H,5,6,7)/q+1;/p-1. The summed E-state index contributed by atoms with van der Waals surface area (Å²) in [6, 6.07) is 15.3. The van der Waals surface area contributed by atoms with Crippen LogP contribution in [0.2, 0.25) is 0 Å². The maximum absolute atomic E-state index is 10.7. The molecule has 0 radical (unpaired) electrons. The monoisotopic (exact) mass is 404 g/mol. The summed E-state index contributed by atoms with van der Waals surface area (Å²) >= 11 is 0. The molecular formula is C18H19F3O3S2. The molecule has 0 N–H and O–H groups in total. The van der Waals surface area contributed by atoms with Crippen molar-refractivity contribution in [1.82, 2.24) is 0 Å². The molecular weight excluding hydrogens is 385 g/mol. The molecule has 3 nitrogen and oxygen atoms in total. The highest BCUT2D eigenvalue weighted by Gasteiger charge is 2.36. The first-order valence-electron chi connectivity index (χ1n) is 8.00. The molecule has 26 heavy (non-hydrogen) atoms. The first-order chi connectivity index (χ1) is 12.2. The molecule has 1 fully saturated rings. The third-order valence-electron chi connectivity index (χ3n) is 3.85. The number of allylic oxidation sites excluding steroid dienone is 1. The minimum absolute atomic E-state index is 0.585. The molecule has 1 heterocycles. The summed E-state index contributed by atoms with van der Waals surface area (Å²) in [6.07, 6.45) is 6.32. The van der Waals surface area contributed by atoms with Gasteiger partial charge in [0.15, 0.2) is 10.1 Å². The summed E-state index contributed by atoms with van der Waals surface area (Å²) in [5, 5.41) is 5.22. The predicted octanol–water partition coefficient (Wildman–Crippen LogP) is 4.36. The average molecular weight is 404 g/mol. The van der Waals surface area contributed by atoms with E-state index in [1.54, 1.807) is 0 Å². The van der Waals surface area contributed by atoms with Gasteiger partial charge in [0, 0.05) is 10.9 Å². The van der Waals surface area contributed by atoms with E-state index in [1.807, 2.05) is 0 Å². The molecule has 0 aliphatic carbocycles. The van der Waals surface area contributed by atoms with Crippen LogP contribution >= 0.6 is 0 Å². The average Bonchev–Trinajstić information content (AvgIpc) is 3.07. The first kappa shape index (κ1) is 20.8. The molecule has 0 bridgehead atoms. The van der Waals surface area contributed by atoms with Gasteiger partial charge in [0.1, 0.15) is 16.9 Å². The minimum atomic E-state index is -6.09. The Morgan fingerprint density at radius 2 is 1.62 bits per heavy atom. The van der Waals surface area contributed by atoms with Gasteiger partial charge in [-0.15, -0.1) is 0 Å². The lowest BCUT2D eigenvalue weighted by Crippen LogP contribution is -2.21. The van der Waals surface area contributed by atoms with E-state index in [9.17, 15) is 13.2 Å². The number of hydrogen-bond acceptors (Lipinski definition) is 3. The summed E-state index contributed by atoms with van der Waals surface area (Å²) in [5.74, 6) is 2.85. The van der Waals surface area contributed by atoms with Crippen LogP contribution in [0.4, 0.5) is 13.2 Å². The molecule has 0 atom stereocenters. The second-order valence-corrected chi connectivity index (χ2v) is 9.30. The molecule has 142 valence electrons. The lowest BCUT2D eigenvalue weighted by molar-refractivity contribution is -0.0517. The maximum Gasteiger partial charge on any atom is 0.485 e. The van der Waals surface area contributed by atoms with Gasteiger partial charge in [0.2, 0.25) is 0 Å². The van der Waals surface area contributed by atoms with Gasteiger partial charge in [-0.2, -0.15) is 13.2 Å². The van der Waals surface area contributed by atoms with Gasteiger partial charge >= 0.3 is 5.51 Å². The van der Waals surface area contributed by atoms with Crippen molar-refractivity contribution in [1.29, 1.82) is 0 Å². The van der Waals surface area contributed by atoms with Crippen LogP contribution in [0.15, 0.2) is 53.9 Å². The molecule has 1 saturated heterocycles. The number of hydrogen-bond donors (Lipinski definition) is 0. The fourth-order valence-corrected chi connectivity index (χ4v) is 4.59. The molecule has 0 amide bonds. The lowest BCUT2D eigenvalue weighted by Gasteiger charge is -2.08. The number of alkyl halides is 3. The van der Waals surface area contributed by atoms with Crippen molar-refractivity contribution in [2.75, 3.05) is 11.5 Å². The first-order valence-corrected chi connectivity index (χ1v) is 11.0. The zero-order chi connectivity index (χ0) is 19.2. The van der Waals surface area contributed by atoms with Crippen LogP contribution in [0.1, 0.15) is 18.4 Å². The Labute approximate surface area is 154 Å². The quantitative estimate of drug-likeness (QED) is 0.434. The van der Waals surface area contributed by atoms with E-state index in [0.717, 1.165) is 6.42 Å². The number of halogens is 3. The summed E-state index contributed by atoms with van der Waals surface area (Å²) < 4.78 is 58.9. The second kappa shape index (κ2) is 8.92. The Bertz CT molecular complexity index is 850. The van der Waals surface area contributed by atoms with Crippen LogP contribution in [-0.4, -0.2) is 30.0 Å². The van der Waals surface area contributed by atoms with E-state index in [0.29, 0.717) is 10.9 Å². The molecule has 3 rings (SSSR count). The maximum atomic E-state index is 10.7. The normalized spacial score (nSPS) is 16.0. The largest absolute Gasteiger partial charge is 0.741 e. The Kier molecular flexibility index (Phi) is 7.14. The lowest BCUT2D eigenvalue weighted by atomic mass is 10.0. The van der Waals surface area contributed by atoms with E-state index < -0.39 is 15.6 Å². The summed E-state index contributed by atoms with van der Waals surface area (Å²) in [6.45, 7) is 0. The van der Waals surface area contributed by atoms with Crippen molar-refractivity contribution < 1.29 is 26.1 Å². The second-order valence-electron chi connectivity index (χ2n) is 5.77. The molecule has 8 heteroatoms. The van der Waals surface area contributed by atoms with Crippen LogP contribution in [0, 0.1) is 0 Å². The molecule has 0 saturated carbocycles. The summed E-state index contributed by atoms with van der Waals surface area (Å²) in [7, 11) is -5.51. The molecule has 0 unspecified atom stereocenters. The molecule has 2 aromatic carbocycles. The Hall–Kier alpha value is -1.51. The SMILES string of the molecule is C(=C[S+]1CCCC1)Cc1cccc2ccccc12.O=S(=O)([O-])C(F)(F)F. The third-order valence-corrected chi connectivity index (χ3v) is 6.62. The van der Waals surface area contributed by atoms with Gasteiger partial charge in [-0.3, -0.25) is 0 Å². The van der Waals surface area contributed by atoms with Crippen molar-refractivity contribution in [2.45, 2.75) is 24.8 Å². The van der Waals surface area contributed by atoms with Gasteiger partial charge in [-0.1, -0.05) is 42.5 Å². The molecule has 0 spiro atoms. The van der Waals surface area contributed by atoms with E-state index in [1.165, 1.54) is 40.7 Å². The van der Waals surface area contributed by atoms with E-state index in [2.05, 4.69) is 53.9 Å². The van der Waals surface area contributed by atoms with Crippen molar-refractivity contribution in [2.24, 2.45) is 0 Å². The van der Waals surface area contributed by atoms with Crippen LogP contribution in [0.5, 0.6) is 0 Å². The smallest absolute Gasteiger partial charge is 0.485 e.